The van der Waals surface area contributed by atoms with E-state index in [1.54, 1.807) is 42.7 Å². The van der Waals surface area contributed by atoms with E-state index in [1.807, 2.05) is 0 Å². The molecule has 3 rings (SSSR count). The van der Waals surface area contributed by atoms with Crippen LogP contribution in [-0.2, 0) is 4.74 Å². The van der Waals surface area contributed by atoms with E-state index in [0.29, 0.717) is 22.8 Å². The van der Waals surface area contributed by atoms with Gasteiger partial charge in [0.25, 0.3) is 0 Å². The number of nitrogen functional groups attached to an aromatic ring is 1. The van der Waals surface area contributed by atoms with Crippen molar-refractivity contribution in [2.75, 3.05) is 5.73 Å². The van der Waals surface area contributed by atoms with Gasteiger partial charge in [0.15, 0.2) is 0 Å². The van der Waals surface area contributed by atoms with Gasteiger partial charge in [0.1, 0.15) is 11.5 Å². The molecule has 17 heavy (non-hydrogen) atoms. The third kappa shape index (κ3) is 1.59. The number of nitrogens with two attached hydrogens (primary N) is 1. The number of ether oxygens (including phenoxy) is 1. The molecule has 4 nitrogen and oxygen atoms in total. The minimum Gasteiger partial charge on any atom is -0.465 e. The van der Waals surface area contributed by atoms with Crippen molar-refractivity contribution in [3.05, 3.63) is 53.5 Å². The second-order valence-corrected chi connectivity index (χ2v) is 3.72. The van der Waals surface area contributed by atoms with Crippen molar-refractivity contribution in [3.8, 4) is 0 Å². The zero-order valence-corrected chi connectivity index (χ0v) is 8.84. The van der Waals surface area contributed by atoms with Gasteiger partial charge in [-0.05, 0) is 30.3 Å². The first kappa shape index (κ1) is 9.72. The zero-order valence-electron chi connectivity index (χ0n) is 8.84. The highest BCUT2D eigenvalue weighted by atomic mass is 16.5. The van der Waals surface area contributed by atoms with Gasteiger partial charge in [0.05, 0.1) is 11.8 Å². The summed E-state index contributed by atoms with van der Waals surface area (Å²) in [5.41, 5.74) is 7.40. The summed E-state index contributed by atoms with van der Waals surface area (Å²) >= 11 is 0. The van der Waals surface area contributed by atoms with E-state index in [0.717, 1.165) is 5.56 Å². The standard InChI is InChI=1S/C13H9NO3/c14-8-3-4-10-11(6-8)13(15)17-12(10)7-9-2-1-5-16-9/h1-7H,14H2/b12-7-. The molecule has 0 fully saturated rings. The smallest absolute Gasteiger partial charge is 0.344 e. The fraction of sp³-hybridized carbons (Fsp3) is 0. The number of benzene rings is 1. The van der Waals surface area contributed by atoms with Gasteiger partial charge in [-0.3, -0.25) is 0 Å². The van der Waals surface area contributed by atoms with E-state index < -0.39 is 0 Å². The number of hydrogen-bond donors (Lipinski definition) is 1. The third-order valence-corrected chi connectivity index (χ3v) is 2.55. The first-order chi connectivity index (χ1) is 8.24. The van der Waals surface area contributed by atoms with Crippen LogP contribution in [0.5, 0.6) is 0 Å². The van der Waals surface area contributed by atoms with Gasteiger partial charge in [-0.25, -0.2) is 4.79 Å². The van der Waals surface area contributed by atoms with Gasteiger partial charge >= 0.3 is 5.97 Å². The lowest BCUT2D eigenvalue weighted by Crippen LogP contribution is -1.94. The number of anilines is 1. The molecule has 2 heterocycles. The molecule has 0 unspecified atom stereocenters. The van der Waals surface area contributed by atoms with Crippen molar-refractivity contribution in [2.24, 2.45) is 0 Å². The Morgan fingerprint density at radius 1 is 1.18 bits per heavy atom. The summed E-state index contributed by atoms with van der Waals surface area (Å²) in [5, 5.41) is 0. The maximum absolute atomic E-state index is 11.6. The molecule has 0 saturated carbocycles. The van der Waals surface area contributed by atoms with Crippen LogP contribution in [0.4, 0.5) is 5.69 Å². The van der Waals surface area contributed by atoms with Crippen LogP contribution in [-0.4, -0.2) is 5.97 Å². The van der Waals surface area contributed by atoms with Gasteiger partial charge in [-0.2, -0.15) is 0 Å². The Balaban J connectivity index is 2.10. The van der Waals surface area contributed by atoms with E-state index in [-0.39, 0.29) is 5.97 Å². The maximum atomic E-state index is 11.6. The van der Waals surface area contributed by atoms with E-state index in [9.17, 15) is 4.79 Å². The average molecular weight is 227 g/mol. The summed E-state index contributed by atoms with van der Waals surface area (Å²) in [4.78, 5) is 11.6. The van der Waals surface area contributed by atoms with Gasteiger partial charge in [0, 0.05) is 17.3 Å². The van der Waals surface area contributed by atoms with Crippen LogP contribution in [0.1, 0.15) is 21.7 Å². The van der Waals surface area contributed by atoms with Crippen molar-refractivity contribution in [1.82, 2.24) is 0 Å². The molecule has 2 N–H and O–H groups in total. The molecular weight excluding hydrogens is 218 g/mol. The first-order valence-corrected chi connectivity index (χ1v) is 5.11. The van der Waals surface area contributed by atoms with E-state index in [4.69, 9.17) is 14.9 Å². The molecule has 0 bridgehead atoms. The molecule has 0 amide bonds. The van der Waals surface area contributed by atoms with E-state index >= 15 is 0 Å². The monoisotopic (exact) mass is 227 g/mol. The van der Waals surface area contributed by atoms with Crippen LogP contribution in [0.2, 0.25) is 0 Å². The topological polar surface area (TPSA) is 65.5 Å². The highest BCUT2D eigenvalue weighted by Crippen LogP contribution is 2.32. The van der Waals surface area contributed by atoms with Crippen LogP contribution in [0.3, 0.4) is 0 Å². The molecule has 0 saturated heterocycles. The second-order valence-electron chi connectivity index (χ2n) is 3.72. The summed E-state index contributed by atoms with van der Waals surface area (Å²) in [5.74, 6) is 0.738. The van der Waals surface area contributed by atoms with Crippen LogP contribution in [0.25, 0.3) is 11.8 Å². The van der Waals surface area contributed by atoms with Gasteiger partial charge < -0.3 is 14.9 Å². The number of cyclic esters (lactones) is 1. The fourth-order valence-corrected chi connectivity index (χ4v) is 1.77. The fourth-order valence-electron chi connectivity index (χ4n) is 1.77. The molecule has 84 valence electrons. The maximum Gasteiger partial charge on any atom is 0.344 e. The van der Waals surface area contributed by atoms with Crippen LogP contribution in [0.15, 0.2) is 41.0 Å². The molecule has 2 aromatic rings. The largest absolute Gasteiger partial charge is 0.465 e. The predicted molar refractivity (Wildman–Crippen MR) is 62.8 cm³/mol. The van der Waals surface area contributed by atoms with Crippen molar-refractivity contribution >= 4 is 23.5 Å². The highest BCUT2D eigenvalue weighted by Gasteiger charge is 2.26. The number of fused-ring (bicyclic) bond motifs is 1. The number of carbonyl (C=O) groups excluding carboxylic acids is 1. The number of carbonyl (C=O) groups is 1. The summed E-state index contributed by atoms with van der Waals surface area (Å²) in [7, 11) is 0. The molecule has 1 aliphatic heterocycles. The van der Waals surface area contributed by atoms with E-state index in [2.05, 4.69) is 0 Å². The van der Waals surface area contributed by atoms with Gasteiger partial charge in [-0.1, -0.05) is 0 Å². The van der Waals surface area contributed by atoms with Crippen LogP contribution in [0, 0.1) is 0 Å². The van der Waals surface area contributed by atoms with Crippen LogP contribution < -0.4 is 5.73 Å². The number of hydrogen-bond acceptors (Lipinski definition) is 4. The minimum atomic E-state index is -0.384. The summed E-state index contributed by atoms with van der Waals surface area (Å²) in [6, 6.07) is 8.67. The Morgan fingerprint density at radius 2 is 2.06 bits per heavy atom. The molecule has 1 aromatic carbocycles. The summed E-state index contributed by atoms with van der Waals surface area (Å²) < 4.78 is 10.3. The number of esters is 1. The van der Waals surface area contributed by atoms with E-state index in [1.165, 1.54) is 0 Å². The molecule has 0 atom stereocenters. The summed E-state index contributed by atoms with van der Waals surface area (Å²) in [6.45, 7) is 0. The third-order valence-electron chi connectivity index (χ3n) is 2.55. The van der Waals surface area contributed by atoms with Crippen molar-refractivity contribution in [2.45, 2.75) is 0 Å². The Labute approximate surface area is 97.3 Å². The summed E-state index contributed by atoms with van der Waals surface area (Å²) in [6.07, 6.45) is 3.24. The number of furan rings is 1. The lowest BCUT2D eigenvalue weighted by atomic mass is 10.1. The zero-order chi connectivity index (χ0) is 11.8. The van der Waals surface area contributed by atoms with Crippen molar-refractivity contribution in [1.29, 1.82) is 0 Å². The predicted octanol–water partition coefficient (Wildman–Crippen LogP) is 2.53. The van der Waals surface area contributed by atoms with Gasteiger partial charge in [0.2, 0.25) is 0 Å². The second kappa shape index (κ2) is 3.52. The normalized spacial score (nSPS) is 16.0. The lowest BCUT2D eigenvalue weighted by molar-refractivity contribution is 0.0717. The molecule has 1 aromatic heterocycles. The molecule has 0 radical (unpaired) electrons. The quantitative estimate of drug-likeness (QED) is 0.600. The highest BCUT2D eigenvalue weighted by molar-refractivity contribution is 6.06. The molecule has 4 heteroatoms. The van der Waals surface area contributed by atoms with Crippen molar-refractivity contribution in [3.63, 3.8) is 0 Å². The Morgan fingerprint density at radius 3 is 2.82 bits per heavy atom. The van der Waals surface area contributed by atoms with Gasteiger partial charge in [-0.15, -0.1) is 0 Å². The molecule has 0 spiro atoms. The average Bonchev–Trinajstić information content (AvgIpc) is 2.89. The Bertz CT molecular complexity index is 612. The number of rotatable bonds is 1. The Kier molecular flexibility index (Phi) is 2.01. The molecular formula is C13H9NO3. The molecule has 1 aliphatic rings. The Hall–Kier alpha value is -2.49. The SMILES string of the molecule is Nc1ccc2c(c1)C(=O)O/C2=C\c1ccco1. The van der Waals surface area contributed by atoms with Crippen LogP contribution >= 0.6 is 0 Å². The molecule has 0 aliphatic carbocycles. The first-order valence-electron chi connectivity index (χ1n) is 5.11. The van der Waals surface area contributed by atoms with Crippen molar-refractivity contribution < 1.29 is 13.9 Å². The minimum absolute atomic E-state index is 0.384. The lowest BCUT2D eigenvalue weighted by Gasteiger charge is -1.97.